The Morgan fingerprint density at radius 2 is 1.82 bits per heavy atom. The number of rotatable bonds is 4. The zero-order valence-corrected chi connectivity index (χ0v) is 12.8. The third kappa shape index (κ3) is 3.54. The van der Waals surface area contributed by atoms with Gasteiger partial charge in [-0.1, -0.05) is 30.3 Å². The predicted molar refractivity (Wildman–Crippen MR) is 84.3 cm³/mol. The van der Waals surface area contributed by atoms with E-state index in [-0.39, 0.29) is 17.7 Å². The Hall–Kier alpha value is -1.72. The van der Waals surface area contributed by atoms with E-state index in [4.69, 9.17) is 0 Å². The molecule has 2 aliphatic heterocycles. The molecule has 1 aromatic rings. The highest BCUT2D eigenvalue weighted by molar-refractivity contribution is 6.38. The highest BCUT2D eigenvalue weighted by Crippen LogP contribution is 2.11. The standard InChI is InChI=1S/C17H23N3O2/c21-16(15-7-4-8-18-15)17(22)20-11-9-19(10-12-20)13-14-5-2-1-3-6-14/h1-3,5-6,15,18H,4,7-13H2. The van der Waals surface area contributed by atoms with Crippen LogP contribution in [0.1, 0.15) is 18.4 Å². The van der Waals surface area contributed by atoms with Crippen molar-refractivity contribution in [3.05, 3.63) is 35.9 Å². The number of piperazine rings is 1. The quantitative estimate of drug-likeness (QED) is 0.830. The van der Waals surface area contributed by atoms with Gasteiger partial charge in [0.05, 0.1) is 6.04 Å². The summed E-state index contributed by atoms with van der Waals surface area (Å²) in [5, 5.41) is 3.11. The van der Waals surface area contributed by atoms with E-state index in [0.29, 0.717) is 13.1 Å². The maximum absolute atomic E-state index is 12.3. The van der Waals surface area contributed by atoms with Gasteiger partial charge in [0, 0.05) is 32.7 Å². The molecule has 1 unspecified atom stereocenters. The second kappa shape index (κ2) is 7.03. The molecule has 0 bridgehead atoms. The summed E-state index contributed by atoms with van der Waals surface area (Å²) in [6, 6.07) is 10.1. The number of hydrogen-bond acceptors (Lipinski definition) is 4. The highest BCUT2D eigenvalue weighted by atomic mass is 16.2. The lowest BCUT2D eigenvalue weighted by atomic mass is 10.1. The van der Waals surface area contributed by atoms with Crippen LogP contribution in [0, 0.1) is 0 Å². The van der Waals surface area contributed by atoms with Gasteiger partial charge < -0.3 is 10.2 Å². The molecule has 118 valence electrons. The summed E-state index contributed by atoms with van der Waals surface area (Å²) in [4.78, 5) is 28.5. The summed E-state index contributed by atoms with van der Waals surface area (Å²) in [6.45, 7) is 4.68. The fourth-order valence-electron chi connectivity index (χ4n) is 3.16. The topological polar surface area (TPSA) is 52.7 Å². The Kier molecular flexibility index (Phi) is 4.85. The number of ketones is 1. The number of carbonyl (C=O) groups is 2. The SMILES string of the molecule is O=C(C(=O)N1CCN(Cc2ccccc2)CC1)C1CCCN1. The maximum atomic E-state index is 12.3. The molecule has 2 fully saturated rings. The van der Waals surface area contributed by atoms with Gasteiger partial charge in [-0.15, -0.1) is 0 Å². The van der Waals surface area contributed by atoms with Crippen molar-refractivity contribution in [2.75, 3.05) is 32.7 Å². The summed E-state index contributed by atoms with van der Waals surface area (Å²) in [6.07, 6.45) is 1.77. The van der Waals surface area contributed by atoms with Crippen LogP contribution in [0.5, 0.6) is 0 Å². The minimum Gasteiger partial charge on any atom is -0.333 e. The molecule has 1 amide bonds. The molecule has 1 aromatic carbocycles. The van der Waals surface area contributed by atoms with E-state index in [9.17, 15) is 9.59 Å². The normalized spacial score (nSPS) is 22.7. The van der Waals surface area contributed by atoms with Gasteiger partial charge in [0.25, 0.3) is 5.91 Å². The van der Waals surface area contributed by atoms with Gasteiger partial charge in [0.2, 0.25) is 5.78 Å². The van der Waals surface area contributed by atoms with E-state index >= 15 is 0 Å². The van der Waals surface area contributed by atoms with Crippen LogP contribution < -0.4 is 5.32 Å². The average Bonchev–Trinajstić information content (AvgIpc) is 3.10. The van der Waals surface area contributed by atoms with Crippen LogP contribution in [0.2, 0.25) is 0 Å². The molecule has 0 spiro atoms. The van der Waals surface area contributed by atoms with Crippen LogP contribution in [-0.2, 0) is 16.1 Å². The lowest BCUT2D eigenvalue weighted by molar-refractivity contribution is -0.146. The van der Waals surface area contributed by atoms with Crippen LogP contribution in [0.3, 0.4) is 0 Å². The summed E-state index contributed by atoms with van der Waals surface area (Å²) in [7, 11) is 0. The second-order valence-corrected chi connectivity index (χ2v) is 6.07. The molecular formula is C17H23N3O2. The van der Waals surface area contributed by atoms with Crippen LogP contribution in [0.25, 0.3) is 0 Å². The third-order valence-corrected chi connectivity index (χ3v) is 4.50. The first-order chi connectivity index (χ1) is 10.7. The lowest BCUT2D eigenvalue weighted by Gasteiger charge is -2.34. The molecule has 0 saturated carbocycles. The van der Waals surface area contributed by atoms with Gasteiger partial charge in [0.15, 0.2) is 0 Å². The van der Waals surface area contributed by atoms with Crippen molar-refractivity contribution in [2.24, 2.45) is 0 Å². The van der Waals surface area contributed by atoms with Crippen molar-refractivity contribution in [1.82, 2.24) is 15.1 Å². The van der Waals surface area contributed by atoms with Crippen LogP contribution in [0.15, 0.2) is 30.3 Å². The van der Waals surface area contributed by atoms with Crippen LogP contribution >= 0.6 is 0 Å². The molecule has 5 nitrogen and oxygen atoms in total. The van der Waals surface area contributed by atoms with E-state index in [1.165, 1.54) is 5.56 Å². The van der Waals surface area contributed by atoms with Crippen molar-refractivity contribution in [3.8, 4) is 0 Å². The Balaban J connectivity index is 1.48. The monoisotopic (exact) mass is 301 g/mol. The van der Waals surface area contributed by atoms with Crippen LogP contribution in [-0.4, -0.2) is 60.3 Å². The number of benzene rings is 1. The Bertz CT molecular complexity index is 518. The molecule has 22 heavy (non-hydrogen) atoms. The molecule has 2 heterocycles. The van der Waals surface area contributed by atoms with Crippen molar-refractivity contribution < 1.29 is 9.59 Å². The van der Waals surface area contributed by atoms with E-state index < -0.39 is 0 Å². The maximum Gasteiger partial charge on any atom is 0.291 e. The van der Waals surface area contributed by atoms with Gasteiger partial charge >= 0.3 is 0 Å². The Labute approximate surface area is 131 Å². The first-order valence-electron chi connectivity index (χ1n) is 8.07. The summed E-state index contributed by atoms with van der Waals surface area (Å²) < 4.78 is 0. The molecule has 1 atom stereocenters. The van der Waals surface area contributed by atoms with E-state index in [1.54, 1.807) is 4.90 Å². The number of Topliss-reactive ketones (excluding diaryl/α,β-unsaturated/α-hetero) is 1. The molecule has 3 rings (SSSR count). The molecule has 0 aromatic heterocycles. The molecule has 1 N–H and O–H groups in total. The highest BCUT2D eigenvalue weighted by Gasteiger charge is 2.32. The fraction of sp³-hybridized carbons (Fsp3) is 0.529. The largest absolute Gasteiger partial charge is 0.333 e. The van der Waals surface area contributed by atoms with Crippen molar-refractivity contribution in [2.45, 2.75) is 25.4 Å². The molecule has 0 radical (unpaired) electrons. The third-order valence-electron chi connectivity index (χ3n) is 4.50. The van der Waals surface area contributed by atoms with E-state index in [0.717, 1.165) is 39.0 Å². The van der Waals surface area contributed by atoms with E-state index in [1.807, 2.05) is 18.2 Å². The van der Waals surface area contributed by atoms with Gasteiger partial charge in [-0.25, -0.2) is 0 Å². The first kappa shape index (κ1) is 15.2. The summed E-state index contributed by atoms with van der Waals surface area (Å²) >= 11 is 0. The molecular weight excluding hydrogens is 278 g/mol. The average molecular weight is 301 g/mol. The Morgan fingerprint density at radius 3 is 2.45 bits per heavy atom. The van der Waals surface area contributed by atoms with Crippen molar-refractivity contribution in [3.63, 3.8) is 0 Å². The summed E-state index contributed by atoms with van der Waals surface area (Å²) in [5.41, 5.74) is 1.29. The minimum absolute atomic E-state index is 0.255. The first-order valence-corrected chi connectivity index (χ1v) is 8.07. The van der Waals surface area contributed by atoms with Gasteiger partial charge in [0.1, 0.15) is 0 Å². The predicted octanol–water partition coefficient (Wildman–Crippen LogP) is 0.652. The second-order valence-electron chi connectivity index (χ2n) is 6.07. The number of amides is 1. The van der Waals surface area contributed by atoms with Crippen molar-refractivity contribution >= 4 is 11.7 Å². The fourth-order valence-corrected chi connectivity index (χ4v) is 3.16. The zero-order valence-electron chi connectivity index (χ0n) is 12.8. The van der Waals surface area contributed by atoms with Crippen LogP contribution in [0.4, 0.5) is 0 Å². The number of carbonyl (C=O) groups excluding carboxylic acids is 2. The van der Waals surface area contributed by atoms with E-state index in [2.05, 4.69) is 22.3 Å². The smallest absolute Gasteiger partial charge is 0.291 e. The van der Waals surface area contributed by atoms with Gasteiger partial charge in [-0.3, -0.25) is 14.5 Å². The lowest BCUT2D eigenvalue weighted by Crippen LogP contribution is -2.52. The molecule has 0 aliphatic carbocycles. The minimum atomic E-state index is -0.307. The molecule has 2 aliphatic rings. The van der Waals surface area contributed by atoms with Crippen molar-refractivity contribution in [1.29, 1.82) is 0 Å². The molecule has 5 heteroatoms. The number of nitrogens with one attached hydrogen (secondary N) is 1. The Morgan fingerprint density at radius 1 is 1.09 bits per heavy atom. The number of hydrogen-bond donors (Lipinski definition) is 1. The number of nitrogens with zero attached hydrogens (tertiary/aromatic N) is 2. The molecule has 2 saturated heterocycles. The van der Waals surface area contributed by atoms with Gasteiger partial charge in [-0.2, -0.15) is 0 Å². The summed E-state index contributed by atoms with van der Waals surface area (Å²) in [5.74, 6) is -0.562. The zero-order chi connectivity index (χ0) is 15.4. The van der Waals surface area contributed by atoms with Gasteiger partial charge in [-0.05, 0) is 24.9 Å².